The Labute approximate surface area is 206 Å². The fraction of sp³-hybridized carbons (Fsp3) is 0.710. The van der Waals surface area contributed by atoms with Gasteiger partial charge in [0.2, 0.25) is 0 Å². The van der Waals surface area contributed by atoms with E-state index in [1.165, 1.54) is 36.8 Å². The second kappa shape index (κ2) is 7.36. The molecule has 1 unspecified atom stereocenters. The average Bonchev–Trinajstić information content (AvgIpc) is 2.80. The molecule has 0 heterocycles. The summed E-state index contributed by atoms with van der Waals surface area (Å²) in [6.07, 6.45) is 14.1. The number of ether oxygens (including phenoxy) is 1. The third-order valence-electron chi connectivity index (χ3n) is 11.5. The summed E-state index contributed by atoms with van der Waals surface area (Å²) in [5.41, 5.74) is 5.48. The van der Waals surface area contributed by atoms with Crippen molar-refractivity contribution in [2.24, 2.45) is 33.0 Å². The van der Waals surface area contributed by atoms with Gasteiger partial charge in [0.25, 0.3) is 0 Å². The molecule has 0 radical (unpaired) electrons. The van der Waals surface area contributed by atoms with Crippen molar-refractivity contribution < 1.29 is 9.84 Å². The number of nitriles is 1. The van der Waals surface area contributed by atoms with E-state index in [-0.39, 0.29) is 21.7 Å². The van der Waals surface area contributed by atoms with Gasteiger partial charge in [-0.1, -0.05) is 45.4 Å². The number of nitrogens with zero attached hydrogens (tertiary/aromatic N) is 1. The summed E-state index contributed by atoms with van der Waals surface area (Å²) in [5.74, 6) is 1.27. The summed E-state index contributed by atoms with van der Waals surface area (Å²) in [7, 11) is 0. The first-order valence-electron chi connectivity index (χ1n) is 13.5. The fourth-order valence-electron chi connectivity index (χ4n) is 9.02. The normalized spacial score (nSPS) is 47.7. The van der Waals surface area contributed by atoms with Crippen molar-refractivity contribution >= 4 is 0 Å². The summed E-state index contributed by atoms with van der Waals surface area (Å²) in [4.78, 5) is 0. The topological polar surface area (TPSA) is 53.2 Å². The van der Waals surface area contributed by atoms with Gasteiger partial charge in [0.15, 0.2) is 0 Å². The summed E-state index contributed by atoms with van der Waals surface area (Å²) in [5, 5.41) is 21.0. The standard InChI is InChI=1S/C31H43NO2/c1-8-34-26-20(2)21-9-10-24-29(5,22(21)17-23(26)33)14-16-31(7)25-18-27(3,19-32)11-12-28(25,4)13-15-30(24,31)6/h9-10,17,23,25,33H,8,11-16,18H2,1-7H3/t23?,25-,27-,28-,29+,30-,31+/m1/s1. The zero-order chi connectivity index (χ0) is 24.7. The molecule has 0 saturated heterocycles. The van der Waals surface area contributed by atoms with E-state index in [0.29, 0.717) is 23.7 Å². The lowest BCUT2D eigenvalue weighted by Crippen LogP contribution is -2.61. The van der Waals surface area contributed by atoms with E-state index in [1.807, 2.05) is 6.92 Å². The van der Waals surface area contributed by atoms with Crippen molar-refractivity contribution in [2.45, 2.75) is 99.5 Å². The molecule has 3 fully saturated rings. The monoisotopic (exact) mass is 461 g/mol. The minimum Gasteiger partial charge on any atom is -0.495 e. The number of hydrogen-bond donors (Lipinski definition) is 1. The second-order valence-corrected chi connectivity index (χ2v) is 13.3. The molecule has 5 aliphatic carbocycles. The molecule has 0 spiro atoms. The van der Waals surface area contributed by atoms with Gasteiger partial charge in [-0.2, -0.15) is 5.26 Å². The molecule has 3 heteroatoms. The van der Waals surface area contributed by atoms with E-state index in [4.69, 9.17) is 4.74 Å². The van der Waals surface area contributed by atoms with E-state index in [1.54, 1.807) is 5.57 Å². The minimum absolute atomic E-state index is 0.0702. The maximum atomic E-state index is 11.0. The van der Waals surface area contributed by atoms with E-state index in [0.717, 1.165) is 24.8 Å². The van der Waals surface area contributed by atoms with Gasteiger partial charge in [-0.3, -0.25) is 0 Å². The maximum Gasteiger partial charge on any atom is 0.132 e. The van der Waals surface area contributed by atoms with Gasteiger partial charge in [0.05, 0.1) is 18.1 Å². The largest absolute Gasteiger partial charge is 0.495 e. The molecule has 0 aliphatic heterocycles. The smallest absolute Gasteiger partial charge is 0.132 e. The van der Waals surface area contributed by atoms with Crippen LogP contribution in [-0.4, -0.2) is 17.8 Å². The fourth-order valence-corrected chi connectivity index (χ4v) is 9.02. The Morgan fingerprint density at radius 1 is 1.03 bits per heavy atom. The van der Waals surface area contributed by atoms with Crippen LogP contribution in [0.3, 0.4) is 0 Å². The molecule has 184 valence electrons. The highest BCUT2D eigenvalue weighted by Crippen LogP contribution is 2.75. The molecule has 7 atom stereocenters. The Hall–Kier alpha value is -1.79. The summed E-state index contributed by atoms with van der Waals surface area (Å²) in [6, 6.07) is 2.70. The molecule has 0 bridgehead atoms. The van der Waals surface area contributed by atoms with Gasteiger partial charge in [-0.25, -0.2) is 0 Å². The van der Waals surface area contributed by atoms with Gasteiger partial charge in [0.1, 0.15) is 11.9 Å². The van der Waals surface area contributed by atoms with E-state index < -0.39 is 6.10 Å². The van der Waals surface area contributed by atoms with Crippen LogP contribution in [-0.2, 0) is 4.74 Å². The number of hydrogen-bond acceptors (Lipinski definition) is 3. The van der Waals surface area contributed by atoms with Crippen molar-refractivity contribution in [3.05, 3.63) is 46.3 Å². The molecule has 0 aromatic carbocycles. The lowest BCUT2D eigenvalue weighted by atomic mass is 9.34. The molecule has 3 nitrogen and oxygen atoms in total. The molecule has 1 N–H and O–H groups in total. The average molecular weight is 462 g/mol. The first-order valence-corrected chi connectivity index (χ1v) is 13.5. The van der Waals surface area contributed by atoms with Crippen LogP contribution >= 0.6 is 0 Å². The summed E-state index contributed by atoms with van der Waals surface area (Å²) >= 11 is 0. The Kier molecular flexibility index (Phi) is 5.18. The van der Waals surface area contributed by atoms with Crippen LogP contribution in [0, 0.1) is 44.3 Å². The molecule has 3 saturated carbocycles. The second-order valence-electron chi connectivity index (χ2n) is 13.3. The lowest BCUT2D eigenvalue weighted by molar-refractivity contribution is -0.155. The summed E-state index contributed by atoms with van der Waals surface area (Å²) in [6.45, 7) is 16.9. The molecule has 0 amide bonds. The van der Waals surface area contributed by atoms with Crippen molar-refractivity contribution in [1.29, 1.82) is 5.26 Å². The Bertz CT molecular complexity index is 1090. The van der Waals surface area contributed by atoms with Gasteiger partial charge in [0, 0.05) is 5.41 Å². The van der Waals surface area contributed by atoms with Crippen LogP contribution in [0.2, 0.25) is 0 Å². The SMILES string of the molecule is CCOC1=C(C)C2=CC=C3[C@@](C)(CC[C@@]4(C)[C@@H]5C[C@](C)(C#N)CC[C@]5(C)CC[C@]34C)C2=CC1O. The first-order chi connectivity index (χ1) is 15.9. The highest BCUT2D eigenvalue weighted by Gasteiger charge is 2.66. The number of allylic oxidation sites excluding steroid dienone is 6. The lowest BCUT2D eigenvalue weighted by Gasteiger charge is -2.69. The van der Waals surface area contributed by atoms with Crippen LogP contribution in [0.1, 0.15) is 93.4 Å². The highest BCUT2D eigenvalue weighted by atomic mass is 16.5. The third kappa shape index (κ3) is 2.90. The third-order valence-corrected chi connectivity index (χ3v) is 11.5. The van der Waals surface area contributed by atoms with Gasteiger partial charge >= 0.3 is 0 Å². The van der Waals surface area contributed by atoms with Crippen molar-refractivity contribution in [3.8, 4) is 6.07 Å². The van der Waals surface area contributed by atoms with Crippen LogP contribution in [0.5, 0.6) is 0 Å². The summed E-state index contributed by atoms with van der Waals surface area (Å²) < 4.78 is 5.84. The Morgan fingerprint density at radius 2 is 1.74 bits per heavy atom. The molecular formula is C31H43NO2. The number of aliphatic hydroxyl groups excluding tert-OH is 1. The minimum atomic E-state index is -0.672. The molecule has 34 heavy (non-hydrogen) atoms. The molecule has 5 rings (SSSR count). The maximum absolute atomic E-state index is 11.0. The van der Waals surface area contributed by atoms with Gasteiger partial charge in [-0.15, -0.1) is 0 Å². The molecule has 0 aromatic heterocycles. The van der Waals surface area contributed by atoms with Crippen LogP contribution in [0.15, 0.2) is 46.3 Å². The van der Waals surface area contributed by atoms with Crippen LogP contribution < -0.4 is 0 Å². The Morgan fingerprint density at radius 3 is 2.41 bits per heavy atom. The quantitative estimate of drug-likeness (QED) is 0.466. The first kappa shape index (κ1) is 23.9. The Balaban J connectivity index is 1.62. The van der Waals surface area contributed by atoms with Crippen molar-refractivity contribution in [1.82, 2.24) is 0 Å². The van der Waals surface area contributed by atoms with E-state index in [9.17, 15) is 10.4 Å². The zero-order valence-corrected chi connectivity index (χ0v) is 22.3. The van der Waals surface area contributed by atoms with Gasteiger partial charge in [-0.05, 0) is 111 Å². The number of fused-ring (bicyclic) bond motifs is 7. The highest BCUT2D eigenvalue weighted by molar-refractivity contribution is 5.62. The van der Waals surface area contributed by atoms with Gasteiger partial charge < -0.3 is 9.84 Å². The number of rotatable bonds is 2. The van der Waals surface area contributed by atoms with Crippen molar-refractivity contribution in [2.75, 3.05) is 6.61 Å². The predicted molar refractivity (Wildman–Crippen MR) is 137 cm³/mol. The number of aliphatic hydroxyl groups is 1. The molecule has 0 aromatic rings. The van der Waals surface area contributed by atoms with E-state index >= 15 is 0 Å². The van der Waals surface area contributed by atoms with Crippen LogP contribution in [0.4, 0.5) is 0 Å². The van der Waals surface area contributed by atoms with Crippen LogP contribution in [0.25, 0.3) is 0 Å². The predicted octanol–water partition coefficient (Wildman–Crippen LogP) is 7.41. The zero-order valence-electron chi connectivity index (χ0n) is 22.3. The molecule has 5 aliphatic rings. The van der Waals surface area contributed by atoms with Crippen molar-refractivity contribution in [3.63, 3.8) is 0 Å². The molecular weight excluding hydrogens is 418 g/mol. The van der Waals surface area contributed by atoms with E-state index in [2.05, 4.69) is 65.8 Å².